The quantitative estimate of drug-likeness (QED) is 0.462. The summed E-state index contributed by atoms with van der Waals surface area (Å²) in [5.74, 6) is -1.72. The molecule has 0 radical (unpaired) electrons. The Kier molecular flexibility index (Phi) is 3.43. The normalized spacial score (nSPS) is 32.2. The number of rotatable bonds is 4. The highest BCUT2D eigenvalue weighted by Crippen LogP contribution is 2.52. The number of ether oxygens (including phenoxy) is 3. The summed E-state index contributed by atoms with van der Waals surface area (Å²) in [6.45, 7) is 1.22. The lowest BCUT2D eigenvalue weighted by Gasteiger charge is -2.28. The molecule has 4 rings (SSSR count). The van der Waals surface area contributed by atoms with Crippen LogP contribution in [0.4, 0.5) is 5.69 Å². The Bertz CT molecular complexity index is 785. The maximum Gasteiger partial charge on any atom is 0.302 e. The molecule has 0 unspecified atom stereocenters. The molecular formula is C18H17NO6. The van der Waals surface area contributed by atoms with Gasteiger partial charge in [-0.15, -0.1) is 0 Å². The van der Waals surface area contributed by atoms with Gasteiger partial charge in [-0.25, -0.2) is 4.90 Å². The minimum atomic E-state index is -1.06. The monoisotopic (exact) mass is 343 g/mol. The van der Waals surface area contributed by atoms with Crippen LogP contribution in [0.25, 0.3) is 0 Å². The first-order valence-electron chi connectivity index (χ1n) is 7.99. The number of carbonyl (C=O) groups excluding carboxylic acids is 3. The minimum Gasteiger partial charge on any atom is -0.497 e. The van der Waals surface area contributed by atoms with Gasteiger partial charge in [0.1, 0.15) is 18.0 Å². The van der Waals surface area contributed by atoms with Crippen molar-refractivity contribution in [3.05, 3.63) is 36.4 Å². The maximum absolute atomic E-state index is 13.0. The van der Waals surface area contributed by atoms with Gasteiger partial charge in [0.2, 0.25) is 11.8 Å². The van der Waals surface area contributed by atoms with Gasteiger partial charge < -0.3 is 14.2 Å². The Hall–Kier alpha value is -2.67. The summed E-state index contributed by atoms with van der Waals surface area (Å²) in [5, 5.41) is 0. The van der Waals surface area contributed by atoms with E-state index in [-0.39, 0.29) is 18.4 Å². The van der Waals surface area contributed by atoms with Crippen LogP contribution in [0.15, 0.2) is 36.4 Å². The van der Waals surface area contributed by atoms with Gasteiger partial charge in [0.15, 0.2) is 0 Å². The summed E-state index contributed by atoms with van der Waals surface area (Å²) < 4.78 is 16.1. The zero-order valence-corrected chi connectivity index (χ0v) is 13.8. The Morgan fingerprint density at radius 1 is 1.24 bits per heavy atom. The number of hydrogen-bond donors (Lipinski definition) is 0. The number of benzene rings is 1. The van der Waals surface area contributed by atoms with Gasteiger partial charge in [-0.2, -0.15) is 0 Å². The van der Waals surface area contributed by atoms with E-state index in [2.05, 4.69) is 0 Å². The molecule has 7 nitrogen and oxygen atoms in total. The lowest BCUT2D eigenvalue weighted by atomic mass is 9.77. The molecule has 0 aromatic heterocycles. The first kappa shape index (κ1) is 15.8. The van der Waals surface area contributed by atoms with Crippen LogP contribution in [0.3, 0.4) is 0 Å². The molecule has 2 amide bonds. The molecule has 1 aromatic carbocycles. The lowest BCUT2D eigenvalue weighted by molar-refractivity contribution is -0.150. The van der Waals surface area contributed by atoms with E-state index in [4.69, 9.17) is 14.2 Å². The second-order valence-electron chi connectivity index (χ2n) is 6.39. The van der Waals surface area contributed by atoms with E-state index in [0.717, 1.165) is 0 Å². The van der Waals surface area contributed by atoms with E-state index in [0.29, 0.717) is 11.4 Å². The second-order valence-corrected chi connectivity index (χ2v) is 6.39. The molecule has 3 heterocycles. The maximum atomic E-state index is 13.0. The van der Waals surface area contributed by atoms with E-state index >= 15 is 0 Å². The number of anilines is 1. The van der Waals surface area contributed by atoms with Crippen molar-refractivity contribution < 1.29 is 28.6 Å². The summed E-state index contributed by atoms with van der Waals surface area (Å²) in [5.41, 5.74) is -0.568. The van der Waals surface area contributed by atoms with Crippen LogP contribution in [-0.2, 0) is 23.9 Å². The van der Waals surface area contributed by atoms with E-state index < -0.39 is 29.5 Å². The van der Waals surface area contributed by atoms with E-state index in [1.165, 1.54) is 11.8 Å². The second kappa shape index (κ2) is 5.42. The van der Waals surface area contributed by atoms with Crippen molar-refractivity contribution >= 4 is 23.5 Å². The minimum absolute atomic E-state index is 0.0774. The molecule has 4 atom stereocenters. The van der Waals surface area contributed by atoms with Crippen LogP contribution in [0, 0.1) is 11.8 Å². The number of esters is 1. The molecule has 7 heteroatoms. The molecule has 3 aliphatic rings. The van der Waals surface area contributed by atoms with Crippen LogP contribution in [0.1, 0.15) is 6.92 Å². The van der Waals surface area contributed by atoms with Crippen LogP contribution >= 0.6 is 0 Å². The van der Waals surface area contributed by atoms with Crippen LogP contribution in [0.5, 0.6) is 5.75 Å². The van der Waals surface area contributed by atoms with Crippen molar-refractivity contribution in [1.29, 1.82) is 0 Å². The standard InChI is InChI=1S/C18H17NO6/c1-10(20)24-9-18-8-7-13(25-18)14-15(18)17(22)19(16(14)21)11-3-5-12(23-2)6-4-11/h3-8,13-15H,9H2,1-2H3/t13-,14+,15+,18+/m1/s1. The Morgan fingerprint density at radius 2 is 1.96 bits per heavy atom. The summed E-state index contributed by atoms with van der Waals surface area (Å²) in [6.07, 6.45) is 3.04. The van der Waals surface area contributed by atoms with Gasteiger partial charge >= 0.3 is 5.97 Å². The fourth-order valence-electron chi connectivity index (χ4n) is 3.87. The average molecular weight is 343 g/mol. The summed E-state index contributed by atoms with van der Waals surface area (Å²) >= 11 is 0. The van der Waals surface area contributed by atoms with E-state index in [9.17, 15) is 14.4 Å². The van der Waals surface area contributed by atoms with Gasteiger partial charge in [-0.1, -0.05) is 6.08 Å². The third kappa shape index (κ3) is 2.19. The number of methoxy groups -OCH3 is 1. The Labute approximate surface area is 144 Å². The number of carbonyl (C=O) groups is 3. The predicted molar refractivity (Wildman–Crippen MR) is 85.8 cm³/mol. The zero-order chi connectivity index (χ0) is 17.8. The highest BCUT2D eigenvalue weighted by molar-refractivity contribution is 6.23. The predicted octanol–water partition coefficient (Wildman–Crippen LogP) is 1.07. The van der Waals surface area contributed by atoms with Gasteiger partial charge in [-0.05, 0) is 30.3 Å². The first-order chi connectivity index (χ1) is 12.0. The number of fused-ring (bicyclic) bond motifs is 5. The molecule has 0 aliphatic carbocycles. The summed E-state index contributed by atoms with van der Waals surface area (Å²) in [6, 6.07) is 6.74. The average Bonchev–Trinajstić information content (AvgIpc) is 3.24. The molecule has 2 saturated heterocycles. The molecule has 1 aromatic rings. The van der Waals surface area contributed by atoms with Gasteiger partial charge in [0.05, 0.1) is 30.7 Å². The number of imide groups is 1. The third-order valence-electron chi connectivity index (χ3n) is 4.99. The van der Waals surface area contributed by atoms with Gasteiger partial charge in [-0.3, -0.25) is 14.4 Å². The number of nitrogens with zero attached hydrogens (tertiary/aromatic N) is 1. The molecule has 25 heavy (non-hydrogen) atoms. The largest absolute Gasteiger partial charge is 0.497 e. The number of hydrogen-bond acceptors (Lipinski definition) is 6. The topological polar surface area (TPSA) is 82.1 Å². The fraction of sp³-hybridized carbons (Fsp3) is 0.389. The molecule has 2 bridgehead atoms. The SMILES string of the molecule is COc1ccc(N2C(=O)[C@@H]3[C@@H](C2=O)[C@@]2(COC(C)=O)C=C[C@H]3O2)cc1. The smallest absolute Gasteiger partial charge is 0.302 e. The van der Waals surface area contributed by atoms with Crippen LogP contribution in [-0.4, -0.2) is 43.2 Å². The van der Waals surface area contributed by atoms with Crippen molar-refractivity contribution in [1.82, 2.24) is 0 Å². The highest BCUT2D eigenvalue weighted by Gasteiger charge is 2.68. The van der Waals surface area contributed by atoms with Crippen molar-refractivity contribution in [2.24, 2.45) is 11.8 Å². The van der Waals surface area contributed by atoms with Crippen molar-refractivity contribution in [3.8, 4) is 5.75 Å². The van der Waals surface area contributed by atoms with E-state index in [1.807, 2.05) is 0 Å². The molecule has 0 saturated carbocycles. The van der Waals surface area contributed by atoms with Crippen molar-refractivity contribution in [2.45, 2.75) is 18.6 Å². The zero-order valence-electron chi connectivity index (χ0n) is 13.8. The highest BCUT2D eigenvalue weighted by atomic mass is 16.6. The molecular weight excluding hydrogens is 326 g/mol. The van der Waals surface area contributed by atoms with Gasteiger partial charge in [0, 0.05) is 6.92 Å². The van der Waals surface area contributed by atoms with Gasteiger partial charge in [0.25, 0.3) is 0 Å². The Balaban J connectivity index is 1.66. The molecule has 0 spiro atoms. The van der Waals surface area contributed by atoms with Crippen LogP contribution in [0.2, 0.25) is 0 Å². The van der Waals surface area contributed by atoms with E-state index in [1.54, 1.807) is 43.5 Å². The third-order valence-corrected chi connectivity index (χ3v) is 4.99. The molecule has 130 valence electrons. The van der Waals surface area contributed by atoms with Crippen LogP contribution < -0.4 is 9.64 Å². The molecule has 3 aliphatic heterocycles. The molecule has 2 fully saturated rings. The summed E-state index contributed by atoms with van der Waals surface area (Å²) in [7, 11) is 1.55. The Morgan fingerprint density at radius 3 is 2.60 bits per heavy atom. The first-order valence-corrected chi connectivity index (χ1v) is 7.99. The van der Waals surface area contributed by atoms with Crippen molar-refractivity contribution in [3.63, 3.8) is 0 Å². The van der Waals surface area contributed by atoms with Crippen molar-refractivity contribution in [2.75, 3.05) is 18.6 Å². The molecule has 0 N–H and O–H groups in total. The summed E-state index contributed by atoms with van der Waals surface area (Å²) in [4.78, 5) is 38.3. The number of amides is 2. The fourth-order valence-corrected chi connectivity index (χ4v) is 3.87. The lowest BCUT2D eigenvalue weighted by Crippen LogP contribution is -2.44.